The van der Waals surface area contributed by atoms with E-state index in [0.29, 0.717) is 34.4 Å². The van der Waals surface area contributed by atoms with Crippen molar-refractivity contribution < 1.29 is 19.1 Å². The molecule has 0 unspecified atom stereocenters. The Balaban J connectivity index is 1.86. The SMILES string of the molecule is CCOC(=O)c1c(C2CC2)csc1NC(=O)c1cccc(OC)c1. The maximum absolute atomic E-state index is 12.5. The van der Waals surface area contributed by atoms with Gasteiger partial charge in [0, 0.05) is 5.56 Å². The van der Waals surface area contributed by atoms with Crippen LogP contribution in [0.4, 0.5) is 5.00 Å². The van der Waals surface area contributed by atoms with E-state index in [2.05, 4.69) is 5.32 Å². The van der Waals surface area contributed by atoms with Crippen LogP contribution in [-0.2, 0) is 4.74 Å². The van der Waals surface area contributed by atoms with Crippen LogP contribution < -0.4 is 10.1 Å². The van der Waals surface area contributed by atoms with E-state index in [0.717, 1.165) is 18.4 Å². The molecule has 5 nitrogen and oxygen atoms in total. The second-order valence-electron chi connectivity index (χ2n) is 5.58. The van der Waals surface area contributed by atoms with Crippen LogP contribution in [0.5, 0.6) is 5.75 Å². The Labute approximate surface area is 144 Å². The Morgan fingerprint density at radius 1 is 1.33 bits per heavy atom. The van der Waals surface area contributed by atoms with Gasteiger partial charge in [0.05, 0.1) is 19.3 Å². The molecule has 0 spiro atoms. The van der Waals surface area contributed by atoms with Crippen molar-refractivity contribution in [2.45, 2.75) is 25.7 Å². The largest absolute Gasteiger partial charge is 0.497 e. The number of hydrogen-bond acceptors (Lipinski definition) is 5. The van der Waals surface area contributed by atoms with E-state index in [1.54, 1.807) is 38.3 Å². The molecule has 1 N–H and O–H groups in total. The van der Waals surface area contributed by atoms with Crippen molar-refractivity contribution in [2.24, 2.45) is 0 Å². The lowest BCUT2D eigenvalue weighted by Crippen LogP contribution is -2.15. The van der Waals surface area contributed by atoms with Gasteiger partial charge >= 0.3 is 5.97 Å². The summed E-state index contributed by atoms with van der Waals surface area (Å²) in [4.78, 5) is 24.8. The van der Waals surface area contributed by atoms with Gasteiger partial charge in [-0.3, -0.25) is 4.79 Å². The summed E-state index contributed by atoms with van der Waals surface area (Å²) in [6, 6.07) is 6.90. The van der Waals surface area contributed by atoms with Gasteiger partial charge in [-0.2, -0.15) is 0 Å². The molecule has 0 saturated heterocycles. The Bertz CT molecular complexity index is 764. The van der Waals surface area contributed by atoms with Crippen molar-refractivity contribution in [3.05, 3.63) is 46.3 Å². The number of esters is 1. The van der Waals surface area contributed by atoms with Crippen LogP contribution in [0.2, 0.25) is 0 Å². The molecular formula is C18H19NO4S. The van der Waals surface area contributed by atoms with Crippen molar-refractivity contribution in [1.29, 1.82) is 0 Å². The summed E-state index contributed by atoms with van der Waals surface area (Å²) in [7, 11) is 1.55. The fourth-order valence-electron chi connectivity index (χ4n) is 2.51. The zero-order valence-corrected chi connectivity index (χ0v) is 14.4. The monoisotopic (exact) mass is 345 g/mol. The predicted octanol–water partition coefficient (Wildman–Crippen LogP) is 4.06. The molecule has 0 atom stereocenters. The van der Waals surface area contributed by atoms with Crippen LogP contribution in [0, 0.1) is 0 Å². The van der Waals surface area contributed by atoms with E-state index in [-0.39, 0.29) is 11.9 Å². The fourth-order valence-corrected chi connectivity index (χ4v) is 3.54. The summed E-state index contributed by atoms with van der Waals surface area (Å²) < 4.78 is 10.3. The smallest absolute Gasteiger partial charge is 0.341 e. The van der Waals surface area contributed by atoms with Gasteiger partial charge < -0.3 is 14.8 Å². The number of carbonyl (C=O) groups excluding carboxylic acids is 2. The highest BCUT2D eigenvalue weighted by atomic mass is 32.1. The van der Waals surface area contributed by atoms with Crippen LogP contribution in [0.25, 0.3) is 0 Å². The highest BCUT2D eigenvalue weighted by molar-refractivity contribution is 7.15. The zero-order valence-electron chi connectivity index (χ0n) is 13.6. The number of methoxy groups -OCH3 is 1. The fraction of sp³-hybridized carbons (Fsp3) is 0.333. The third-order valence-electron chi connectivity index (χ3n) is 3.88. The number of amides is 1. The van der Waals surface area contributed by atoms with Crippen LogP contribution in [0.1, 0.15) is 52.0 Å². The van der Waals surface area contributed by atoms with Crippen molar-refractivity contribution in [3.63, 3.8) is 0 Å². The van der Waals surface area contributed by atoms with Gasteiger partial charge in [0.15, 0.2) is 0 Å². The number of rotatable bonds is 6. The van der Waals surface area contributed by atoms with Crippen LogP contribution in [0.3, 0.4) is 0 Å². The van der Waals surface area contributed by atoms with E-state index in [1.165, 1.54) is 11.3 Å². The van der Waals surface area contributed by atoms with Gasteiger partial charge in [-0.25, -0.2) is 4.79 Å². The van der Waals surface area contributed by atoms with Gasteiger partial charge in [-0.05, 0) is 54.8 Å². The van der Waals surface area contributed by atoms with Crippen molar-refractivity contribution in [1.82, 2.24) is 0 Å². The second kappa shape index (κ2) is 7.05. The first-order valence-corrected chi connectivity index (χ1v) is 8.76. The molecule has 0 aliphatic heterocycles. The molecular weight excluding hydrogens is 326 g/mol. The standard InChI is InChI=1S/C18H19NO4S/c1-3-23-18(21)15-14(11-7-8-11)10-24-17(15)19-16(20)12-5-4-6-13(9-12)22-2/h4-6,9-11H,3,7-8H2,1-2H3,(H,19,20). The molecule has 24 heavy (non-hydrogen) atoms. The Kier molecular flexibility index (Phi) is 4.85. The summed E-state index contributed by atoms with van der Waals surface area (Å²) >= 11 is 1.37. The van der Waals surface area contributed by atoms with E-state index in [4.69, 9.17) is 9.47 Å². The molecule has 1 amide bonds. The first kappa shape index (κ1) is 16.5. The Morgan fingerprint density at radius 3 is 2.79 bits per heavy atom. The van der Waals surface area contributed by atoms with Gasteiger partial charge in [0.2, 0.25) is 0 Å². The average Bonchev–Trinajstić information content (AvgIpc) is 3.36. The van der Waals surface area contributed by atoms with Crippen LogP contribution in [0.15, 0.2) is 29.6 Å². The summed E-state index contributed by atoms with van der Waals surface area (Å²) in [5.41, 5.74) is 1.96. The van der Waals surface area contributed by atoms with E-state index in [9.17, 15) is 9.59 Å². The van der Waals surface area contributed by atoms with Gasteiger partial charge in [-0.1, -0.05) is 6.07 Å². The summed E-state index contributed by atoms with van der Waals surface area (Å²) in [5.74, 6) is 0.367. The molecule has 0 radical (unpaired) electrons. The van der Waals surface area contributed by atoms with E-state index < -0.39 is 0 Å². The number of anilines is 1. The minimum atomic E-state index is -0.374. The van der Waals surface area contributed by atoms with E-state index in [1.807, 2.05) is 5.38 Å². The highest BCUT2D eigenvalue weighted by Gasteiger charge is 2.32. The van der Waals surface area contributed by atoms with Crippen LogP contribution in [-0.4, -0.2) is 25.6 Å². The van der Waals surface area contributed by atoms with Gasteiger partial charge in [0.25, 0.3) is 5.91 Å². The zero-order chi connectivity index (χ0) is 17.1. The Hall–Kier alpha value is -2.34. The predicted molar refractivity (Wildman–Crippen MR) is 93.2 cm³/mol. The molecule has 0 bridgehead atoms. The molecule has 1 aromatic heterocycles. The normalized spacial score (nSPS) is 13.4. The third-order valence-corrected chi connectivity index (χ3v) is 4.79. The molecule has 3 rings (SSSR count). The first-order chi connectivity index (χ1) is 11.6. The lowest BCUT2D eigenvalue weighted by Gasteiger charge is -2.09. The van der Waals surface area contributed by atoms with Gasteiger partial charge in [-0.15, -0.1) is 11.3 Å². The topological polar surface area (TPSA) is 64.6 Å². The second-order valence-corrected chi connectivity index (χ2v) is 6.46. The van der Waals surface area contributed by atoms with Crippen LogP contribution >= 0.6 is 11.3 Å². The maximum Gasteiger partial charge on any atom is 0.341 e. The molecule has 1 aliphatic carbocycles. The molecule has 1 fully saturated rings. The summed E-state index contributed by atoms with van der Waals surface area (Å²) in [6.07, 6.45) is 2.15. The summed E-state index contributed by atoms with van der Waals surface area (Å²) in [6.45, 7) is 2.08. The summed E-state index contributed by atoms with van der Waals surface area (Å²) in [5, 5.41) is 5.34. The minimum absolute atomic E-state index is 0.274. The molecule has 2 aromatic rings. The number of nitrogens with one attached hydrogen (secondary N) is 1. The lowest BCUT2D eigenvalue weighted by molar-refractivity contribution is 0.0527. The van der Waals surface area contributed by atoms with Crippen molar-refractivity contribution in [3.8, 4) is 5.75 Å². The van der Waals surface area contributed by atoms with Crippen molar-refractivity contribution >= 4 is 28.2 Å². The average molecular weight is 345 g/mol. The minimum Gasteiger partial charge on any atom is -0.497 e. The molecule has 1 saturated carbocycles. The van der Waals surface area contributed by atoms with E-state index >= 15 is 0 Å². The number of thiophene rings is 1. The molecule has 1 aromatic carbocycles. The molecule has 1 aliphatic rings. The molecule has 126 valence electrons. The maximum atomic E-state index is 12.5. The number of hydrogen-bond donors (Lipinski definition) is 1. The quantitative estimate of drug-likeness (QED) is 0.802. The van der Waals surface area contributed by atoms with Crippen molar-refractivity contribution in [2.75, 3.05) is 19.0 Å². The third kappa shape index (κ3) is 3.43. The first-order valence-electron chi connectivity index (χ1n) is 7.88. The number of carbonyl (C=O) groups is 2. The van der Waals surface area contributed by atoms with Gasteiger partial charge in [0.1, 0.15) is 10.8 Å². The number of benzene rings is 1. The highest BCUT2D eigenvalue weighted by Crippen LogP contribution is 2.46. The molecule has 1 heterocycles. The number of ether oxygens (including phenoxy) is 2. The Morgan fingerprint density at radius 2 is 2.12 bits per heavy atom. The lowest BCUT2D eigenvalue weighted by atomic mass is 10.1. The molecule has 6 heteroatoms.